The van der Waals surface area contributed by atoms with E-state index in [-0.39, 0.29) is 6.04 Å². The molecule has 1 aromatic rings. The van der Waals surface area contributed by atoms with Crippen molar-refractivity contribution in [2.75, 3.05) is 19.6 Å². The van der Waals surface area contributed by atoms with Crippen LogP contribution in [0.2, 0.25) is 0 Å². The first-order valence-electron chi connectivity index (χ1n) is 7.07. The number of nitrogens with zero attached hydrogens (tertiary/aromatic N) is 1. The Morgan fingerprint density at radius 2 is 2.05 bits per heavy atom. The van der Waals surface area contributed by atoms with Gasteiger partial charge in [0.2, 0.25) is 0 Å². The maximum Gasteiger partial charge on any atom is 0.416 e. The Morgan fingerprint density at radius 3 is 2.55 bits per heavy atom. The zero-order valence-corrected chi connectivity index (χ0v) is 11.7. The molecule has 0 radical (unpaired) electrons. The monoisotopic (exact) mass is 286 g/mol. The third kappa shape index (κ3) is 3.73. The second-order valence-electron chi connectivity index (χ2n) is 5.41. The van der Waals surface area contributed by atoms with Crippen molar-refractivity contribution in [1.29, 1.82) is 0 Å². The van der Waals surface area contributed by atoms with Crippen molar-refractivity contribution in [2.24, 2.45) is 11.7 Å². The van der Waals surface area contributed by atoms with Gasteiger partial charge in [0, 0.05) is 19.1 Å². The summed E-state index contributed by atoms with van der Waals surface area (Å²) < 4.78 is 38.4. The standard InChI is InChI=1S/C15H21F3N2/c1-2-20(10-11-6-7-11)14(9-19)12-4-3-5-13(8-12)15(16,17)18/h3-5,8,11,14H,2,6-7,9-10,19H2,1H3. The second-order valence-corrected chi connectivity index (χ2v) is 5.41. The van der Waals surface area contributed by atoms with Gasteiger partial charge in [-0.1, -0.05) is 19.1 Å². The molecule has 1 unspecified atom stereocenters. The van der Waals surface area contributed by atoms with Crippen molar-refractivity contribution >= 4 is 0 Å². The second kappa shape index (κ2) is 6.14. The molecular weight excluding hydrogens is 265 g/mol. The normalized spacial score (nSPS) is 17.5. The van der Waals surface area contributed by atoms with E-state index in [9.17, 15) is 13.2 Å². The fourth-order valence-corrected chi connectivity index (χ4v) is 2.53. The van der Waals surface area contributed by atoms with Gasteiger partial charge < -0.3 is 5.73 Å². The lowest BCUT2D eigenvalue weighted by atomic mass is 10.0. The van der Waals surface area contributed by atoms with Crippen molar-refractivity contribution in [2.45, 2.75) is 32.0 Å². The molecule has 1 atom stereocenters. The van der Waals surface area contributed by atoms with E-state index in [0.717, 1.165) is 19.2 Å². The number of alkyl halides is 3. The maximum absolute atomic E-state index is 12.8. The summed E-state index contributed by atoms with van der Waals surface area (Å²) in [6, 6.07) is 5.40. The number of halogens is 3. The first kappa shape index (κ1) is 15.3. The van der Waals surface area contributed by atoms with Crippen LogP contribution in [0.25, 0.3) is 0 Å². The van der Waals surface area contributed by atoms with Gasteiger partial charge in [-0.25, -0.2) is 0 Å². The van der Waals surface area contributed by atoms with E-state index in [0.29, 0.717) is 18.0 Å². The quantitative estimate of drug-likeness (QED) is 0.868. The van der Waals surface area contributed by atoms with Gasteiger partial charge in [0.25, 0.3) is 0 Å². The van der Waals surface area contributed by atoms with Gasteiger partial charge in [-0.05, 0) is 43.0 Å². The third-order valence-electron chi connectivity index (χ3n) is 3.86. The SMILES string of the molecule is CCN(CC1CC1)C(CN)c1cccc(C(F)(F)F)c1. The minimum absolute atomic E-state index is 0.136. The first-order chi connectivity index (χ1) is 9.45. The minimum Gasteiger partial charge on any atom is -0.329 e. The van der Waals surface area contributed by atoms with Gasteiger partial charge in [0.1, 0.15) is 0 Å². The molecule has 20 heavy (non-hydrogen) atoms. The van der Waals surface area contributed by atoms with Gasteiger partial charge in [-0.3, -0.25) is 4.90 Å². The molecule has 0 spiro atoms. The molecule has 0 aliphatic heterocycles. The van der Waals surface area contributed by atoms with Crippen molar-refractivity contribution in [3.05, 3.63) is 35.4 Å². The van der Waals surface area contributed by atoms with E-state index in [1.807, 2.05) is 6.92 Å². The van der Waals surface area contributed by atoms with Crippen LogP contribution in [-0.4, -0.2) is 24.5 Å². The van der Waals surface area contributed by atoms with Crippen molar-refractivity contribution in [3.8, 4) is 0 Å². The molecule has 2 N–H and O–H groups in total. The molecule has 0 bridgehead atoms. The van der Waals surface area contributed by atoms with Crippen LogP contribution in [0.3, 0.4) is 0 Å². The fraction of sp³-hybridized carbons (Fsp3) is 0.600. The molecule has 1 aromatic carbocycles. The number of hydrogen-bond donors (Lipinski definition) is 1. The van der Waals surface area contributed by atoms with Crippen LogP contribution in [0.15, 0.2) is 24.3 Å². The summed E-state index contributed by atoms with van der Waals surface area (Å²) in [7, 11) is 0. The lowest BCUT2D eigenvalue weighted by Gasteiger charge is -2.30. The number of hydrogen-bond acceptors (Lipinski definition) is 2. The Bertz CT molecular complexity index is 441. The zero-order valence-electron chi connectivity index (χ0n) is 11.7. The molecule has 112 valence electrons. The van der Waals surface area contributed by atoms with E-state index in [2.05, 4.69) is 4.90 Å². The van der Waals surface area contributed by atoms with Gasteiger partial charge in [-0.15, -0.1) is 0 Å². The molecular formula is C15H21F3N2. The molecule has 0 saturated heterocycles. The van der Waals surface area contributed by atoms with E-state index in [1.54, 1.807) is 6.07 Å². The van der Waals surface area contributed by atoms with E-state index in [1.165, 1.54) is 25.0 Å². The van der Waals surface area contributed by atoms with Crippen LogP contribution in [-0.2, 0) is 6.18 Å². The van der Waals surface area contributed by atoms with Gasteiger partial charge in [0.05, 0.1) is 5.56 Å². The minimum atomic E-state index is -4.30. The lowest BCUT2D eigenvalue weighted by Crippen LogP contribution is -2.35. The zero-order chi connectivity index (χ0) is 14.8. The van der Waals surface area contributed by atoms with Gasteiger partial charge >= 0.3 is 6.18 Å². The number of rotatable bonds is 6. The maximum atomic E-state index is 12.8. The summed E-state index contributed by atoms with van der Waals surface area (Å²) in [5.74, 6) is 0.690. The van der Waals surface area contributed by atoms with Crippen LogP contribution in [0, 0.1) is 5.92 Å². The largest absolute Gasteiger partial charge is 0.416 e. The molecule has 5 heteroatoms. The highest BCUT2D eigenvalue weighted by molar-refractivity contribution is 5.28. The topological polar surface area (TPSA) is 29.3 Å². The first-order valence-corrected chi connectivity index (χ1v) is 7.07. The van der Waals surface area contributed by atoms with Crippen molar-refractivity contribution < 1.29 is 13.2 Å². The molecule has 1 aliphatic rings. The average molecular weight is 286 g/mol. The molecule has 2 rings (SSSR count). The highest BCUT2D eigenvalue weighted by Crippen LogP contribution is 2.34. The lowest BCUT2D eigenvalue weighted by molar-refractivity contribution is -0.137. The predicted octanol–water partition coefficient (Wildman–Crippen LogP) is 3.44. The van der Waals surface area contributed by atoms with Crippen LogP contribution in [0.1, 0.15) is 36.9 Å². The van der Waals surface area contributed by atoms with Crippen molar-refractivity contribution in [1.82, 2.24) is 4.90 Å². The van der Waals surface area contributed by atoms with E-state index in [4.69, 9.17) is 5.73 Å². The molecule has 1 saturated carbocycles. The van der Waals surface area contributed by atoms with Crippen LogP contribution in [0.4, 0.5) is 13.2 Å². The van der Waals surface area contributed by atoms with Crippen LogP contribution < -0.4 is 5.73 Å². The van der Waals surface area contributed by atoms with E-state index >= 15 is 0 Å². The number of benzene rings is 1. The summed E-state index contributed by atoms with van der Waals surface area (Å²) >= 11 is 0. The molecule has 1 fully saturated rings. The van der Waals surface area contributed by atoms with Crippen molar-refractivity contribution in [3.63, 3.8) is 0 Å². The Balaban J connectivity index is 2.21. The molecule has 2 nitrogen and oxygen atoms in total. The third-order valence-corrected chi connectivity index (χ3v) is 3.86. The summed E-state index contributed by atoms with van der Waals surface area (Å²) in [5.41, 5.74) is 5.87. The van der Waals surface area contributed by atoms with Crippen LogP contribution in [0.5, 0.6) is 0 Å². The number of likely N-dealkylation sites (N-methyl/N-ethyl adjacent to an activating group) is 1. The van der Waals surface area contributed by atoms with Gasteiger partial charge in [-0.2, -0.15) is 13.2 Å². The summed E-state index contributed by atoms with van der Waals surface area (Å²) in [4.78, 5) is 2.19. The van der Waals surface area contributed by atoms with Crippen LogP contribution >= 0.6 is 0 Å². The molecule has 0 heterocycles. The summed E-state index contributed by atoms with van der Waals surface area (Å²) in [6.07, 6.45) is -1.87. The Morgan fingerprint density at radius 1 is 1.35 bits per heavy atom. The summed E-state index contributed by atoms with van der Waals surface area (Å²) in [6.45, 7) is 4.09. The highest BCUT2D eigenvalue weighted by Gasteiger charge is 2.32. The summed E-state index contributed by atoms with van der Waals surface area (Å²) in [5, 5.41) is 0. The van der Waals surface area contributed by atoms with Gasteiger partial charge in [0.15, 0.2) is 0 Å². The number of nitrogens with two attached hydrogens (primary N) is 1. The predicted molar refractivity (Wildman–Crippen MR) is 73.2 cm³/mol. The fourth-order valence-electron chi connectivity index (χ4n) is 2.53. The molecule has 0 aromatic heterocycles. The van der Waals surface area contributed by atoms with E-state index < -0.39 is 11.7 Å². The Kier molecular flexibility index (Phi) is 4.70. The highest BCUT2D eigenvalue weighted by atomic mass is 19.4. The Labute approximate surface area is 117 Å². The smallest absolute Gasteiger partial charge is 0.329 e. The molecule has 1 aliphatic carbocycles. The molecule has 0 amide bonds. The average Bonchev–Trinajstić information content (AvgIpc) is 3.22. The Hall–Kier alpha value is -1.07.